The summed E-state index contributed by atoms with van der Waals surface area (Å²) in [4.78, 5) is 24.5. The molecule has 3 rings (SSSR count). The summed E-state index contributed by atoms with van der Waals surface area (Å²) < 4.78 is 11.2. The standard InChI is InChI=1S/C20H24O5/c1-6-9(2)19(22)25-18-15-12(5)20(23)24-17(15)14-10(3)7-8-13(14)11(4)16(18)21/h6-7,13-18,21H,4-5,8H2,1-3H3. The monoisotopic (exact) mass is 344 g/mol. The van der Waals surface area contributed by atoms with E-state index in [1.54, 1.807) is 19.9 Å². The minimum absolute atomic E-state index is 0.0345. The van der Waals surface area contributed by atoms with Gasteiger partial charge in [-0.25, -0.2) is 9.59 Å². The minimum atomic E-state index is -1.07. The number of fused-ring (bicyclic) bond motifs is 3. The van der Waals surface area contributed by atoms with Crippen LogP contribution in [0.2, 0.25) is 0 Å². The molecule has 1 heterocycles. The Hall–Kier alpha value is -2.14. The van der Waals surface area contributed by atoms with Crippen molar-refractivity contribution < 1.29 is 24.2 Å². The van der Waals surface area contributed by atoms with Crippen LogP contribution in [0.1, 0.15) is 27.2 Å². The molecule has 5 heteroatoms. The van der Waals surface area contributed by atoms with E-state index in [0.717, 1.165) is 12.0 Å². The molecule has 6 atom stereocenters. The van der Waals surface area contributed by atoms with Gasteiger partial charge in [-0.3, -0.25) is 0 Å². The number of aliphatic hydroxyl groups is 1. The molecule has 2 fully saturated rings. The molecule has 0 bridgehead atoms. The van der Waals surface area contributed by atoms with Gasteiger partial charge in [-0.2, -0.15) is 0 Å². The molecule has 1 saturated heterocycles. The van der Waals surface area contributed by atoms with Crippen LogP contribution in [0.4, 0.5) is 0 Å². The van der Waals surface area contributed by atoms with Gasteiger partial charge in [-0.05, 0) is 38.7 Å². The van der Waals surface area contributed by atoms with E-state index >= 15 is 0 Å². The van der Waals surface area contributed by atoms with E-state index in [9.17, 15) is 14.7 Å². The molecule has 1 N–H and O–H groups in total. The van der Waals surface area contributed by atoms with Crippen molar-refractivity contribution in [3.8, 4) is 0 Å². The lowest BCUT2D eigenvalue weighted by atomic mass is 9.80. The number of allylic oxidation sites excluding steroid dienone is 2. The van der Waals surface area contributed by atoms with E-state index < -0.39 is 36.2 Å². The van der Waals surface area contributed by atoms with Crippen LogP contribution in [0.5, 0.6) is 0 Å². The summed E-state index contributed by atoms with van der Waals surface area (Å²) >= 11 is 0. The molecule has 0 amide bonds. The number of hydrogen-bond donors (Lipinski definition) is 1. The maximum Gasteiger partial charge on any atom is 0.334 e. The van der Waals surface area contributed by atoms with E-state index in [-0.39, 0.29) is 17.4 Å². The lowest BCUT2D eigenvalue weighted by molar-refractivity contribution is -0.153. The highest BCUT2D eigenvalue weighted by Crippen LogP contribution is 2.51. The van der Waals surface area contributed by atoms with Gasteiger partial charge in [0, 0.05) is 17.1 Å². The van der Waals surface area contributed by atoms with Gasteiger partial charge < -0.3 is 14.6 Å². The Morgan fingerprint density at radius 2 is 2.08 bits per heavy atom. The average molecular weight is 344 g/mol. The van der Waals surface area contributed by atoms with Crippen LogP contribution >= 0.6 is 0 Å². The molecule has 1 aliphatic heterocycles. The number of hydrogen-bond acceptors (Lipinski definition) is 5. The summed E-state index contributed by atoms with van der Waals surface area (Å²) in [6.45, 7) is 13.3. The lowest BCUT2D eigenvalue weighted by Crippen LogP contribution is -2.41. The van der Waals surface area contributed by atoms with E-state index in [2.05, 4.69) is 19.2 Å². The van der Waals surface area contributed by atoms with Gasteiger partial charge in [0.1, 0.15) is 18.3 Å². The maximum absolute atomic E-state index is 12.3. The number of ether oxygens (including phenoxy) is 2. The van der Waals surface area contributed by atoms with Crippen LogP contribution in [0.25, 0.3) is 0 Å². The summed E-state index contributed by atoms with van der Waals surface area (Å²) in [7, 11) is 0. The third-order valence-electron chi connectivity index (χ3n) is 5.79. The SMILES string of the molecule is C=C1C(O)C(OC(=O)C(C)=CC)C2C(=C)C(=O)OC2C2C(C)=CCC12. The molecule has 134 valence electrons. The second-order valence-electron chi connectivity index (χ2n) is 7.10. The predicted octanol–water partition coefficient (Wildman–Crippen LogP) is 2.48. The summed E-state index contributed by atoms with van der Waals surface area (Å²) in [6, 6.07) is 0. The van der Waals surface area contributed by atoms with Gasteiger partial charge in [0.25, 0.3) is 0 Å². The fourth-order valence-corrected chi connectivity index (χ4v) is 4.17. The first-order chi connectivity index (χ1) is 11.8. The predicted molar refractivity (Wildman–Crippen MR) is 92.3 cm³/mol. The average Bonchev–Trinajstić information content (AvgIpc) is 3.08. The molecule has 2 aliphatic carbocycles. The van der Waals surface area contributed by atoms with Crippen LogP contribution in [0, 0.1) is 17.8 Å². The molecule has 25 heavy (non-hydrogen) atoms. The Labute approximate surface area is 147 Å². The highest BCUT2D eigenvalue weighted by Gasteiger charge is 2.57. The van der Waals surface area contributed by atoms with Crippen LogP contribution in [-0.2, 0) is 19.1 Å². The molecule has 0 spiro atoms. The van der Waals surface area contributed by atoms with Gasteiger partial charge in [-0.1, -0.05) is 30.9 Å². The summed E-state index contributed by atoms with van der Waals surface area (Å²) in [5, 5.41) is 10.9. The molecule has 1 saturated carbocycles. The Kier molecular flexibility index (Phi) is 4.45. The third-order valence-corrected chi connectivity index (χ3v) is 5.79. The molecule has 0 aromatic carbocycles. The quantitative estimate of drug-likeness (QED) is 0.473. The lowest BCUT2D eigenvalue weighted by Gasteiger charge is -2.29. The van der Waals surface area contributed by atoms with Crippen LogP contribution < -0.4 is 0 Å². The minimum Gasteiger partial charge on any atom is -0.458 e. The highest BCUT2D eigenvalue weighted by molar-refractivity contribution is 5.92. The Balaban J connectivity index is 2.03. The smallest absolute Gasteiger partial charge is 0.334 e. The van der Waals surface area contributed by atoms with Crippen molar-refractivity contribution in [1.29, 1.82) is 0 Å². The number of aliphatic hydroxyl groups excluding tert-OH is 1. The van der Waals surface area contributed by atoms with E-state index in [1.165, 1.54) is 0 Å². The van der Waals surface area contributed by atoms with Gasteiger partial charge >= 0.3 is 11.9 Å². The zero-order chi connectivity index (χ0) is 18.5. The molecule has 0 aromatic heterocycles. The van der Waals surface area contributed by atoms with Crippen LogP contribution in [-0.4, -0.2) is 35.4 Å². The van der Waals surface area contributed by atoms with Crippen molar-refractivity contribution in [1.82, 2.24) is 0 Å². The summed E-state index contributed by atoms with van der Waals surface area (Å²) in [6.07, 6.45) is 1.97. The van der Waals surface area contributed by atoms with Crippen LogP contribution in [0.15, 0.2) is 47.6 Å². The third kappa shape index (κ3) is 2.67. The first-order valence-corrected chi connectivity index (χ1v) is 8.55. The maximum atomic E-state index is 12.3. The number of rotatable bonds is 2. The summed E-state index contributed by atoms with van der Waals surface area (Å²) in [5.41, 5.74) is 2.40. The highest BCUT2D eigenvalue weighted by atomic mass is 16.6. The number of carbonyl (C=O) groups excluding carboxylic acids is 2. The second kappa shape index (κ2) is 6.30. The molecule has 6 unspecified atom stereocenters. The topological polar surface area (TPSA) is 72.8 Å². The zero-order valence-corrected chi connectivity index (χ0v) is 14.8. The second-order valence-corrected chi connectivity index (χ2v) is 7.10. The summed E-state index contributed by atoms with van der Waals surface area (Å²) in [5.74, 6) is -1.69. The Bertz CT molecular complexity index is 714. The van der Waals surface area contributed by atoms with E-state index in [1.807, 2.05) is 6.92 Å². The fourth-order valence-electron chi connectivity index (χ4n) is 4.17. The van der Waals surface area contributed by atoms with E-state index in [4.69, 9.17) is 9.47 Å². The largest absolute Gasteiger partial charge is 0.458 e. The fraction of sp³-hybridized carbons (Fsp3) is 0.500. The van der Waals surface area contributed by atoms with Gasteiger partial charge in [-0.15, -0.1) is 0 Å². The molecular weight excluding hydrogens is 320 g/mol. The van der Waals surface area contributed by atoms with Gasteiger partial charge in [0.05, 0.1) is 5.92 Å². The van der Waals surface area contributed by atoms with Crippen molar-refractivity contribution in [2.75, 3.05) is 0 Å². The first-order valence-electron chi connectivity index (χ1n) is 8.55. The molecule has 5 nitrogen and oxygen atoms in total. The Morgan fingerprint density at radius 1 is 1.40 bits per heavy atom. The van der Waals surface area contributed by atoms with Gasteiger partial charge in [0.15, 0.2) is 0 Å². The van der Waals surface area contributed by atoms with Crippen molar-refractivity contribution in [3.05, 3.63) is 47.6 Å². The van der Waals surface area contributed by atoms with Crippen molar-refractivity contribution in [2.24, 2.45) is 17.8 Å². The van der Waals surface area contributed by atoms with Crippen molar-refractivity contribution in [3.63, 3.8) is 0 Å². The molecule has 0 radical (unpaired) electrons. The normalized spacial score (nSPS) is 37.8. The zero-order valence-electron chi connectivity index (χ0n) is 14.8. The van der Waals surface area contributed by atoms with Crippen molar-refractivity contribution >= 4 is 11.9 Å². The number of esters is 2. The number of carbonyl (C=O) groups is 2. The van der Waals surface area contributed by atoms with E-state index in [0.29, 0.717) is 11.1 Å². The van der Waals surface area contributed by atoms with Gasteiger partial charge in [0.2, 0.25) is 0 Å². The molecule has 0 aromatic rings. The van der Waals surface area contributed by atoms with Crippen molar-refractivity contribution in [2.45, 2.75) is 45.5 Å². The Morgan fingerprint density at radius 3 is 2.72 bits per heavy atom. The first kappa shape index (κ1) is 17.7. The van der Waals surface area contributed by atoms with Crippen LogP contribution in [0.3, 0.4) is 0 Å². The molecule has 3 aliphatic rings. The molecular formula is C20H24O5.